The number of halogens is 3. The van der Waals surface area contributed by atoms with Crippen molar-refractivity contribution in [3.05, 3.63) is 11.3 Å². The molecular formula is C6H9F3O. The number of hydrogen-bond acceptors (Lipinski definition) is 1. The summed E-state index contributed by atoms with van der Waals surface area (Å²) in [6.45, 7) is 2.38. The Morgan fingerprint density at radius 1 is 1.40 bits per heavy atom. The van der Waals surface area contributed by atoms with Crippen molar-refractivity contribution < 1.29 is 18.3 Å². The highest BCUT2D eigenvalue weighted by Gasteiger charge is 2.33. The Labute approximate surface area is 57.2 Å². The van der Waals surface area contributed by atoms with E-state index >= 15 is 0 Å². The molecule has 0 aromatic heterocycles. The molecule has 0 saturated carbocycles. The lowest BCUT2D eigenvalue weighted by atomic mass is 10.2. The monoisotopic (exact) mass is 154 g/mol. The first kappa shape index (κ1) is 9.33. The Bertz CT molecular complexity index is 142. The number of alkyl halides is 3. The van der Waals surface area contributed by atoms with Crippen LogP contribution >= 0.6 is 0 Å². The summed E-state index contributed by atoms with van der Waals surface area (Å²) in [5.74, 6) is -0.644. The van der Waals surface area contributed by atoms with Crippen LogP contribution in [-0.4, -0.2) is 11.3 Å². The largest absolute Gasteiger partial charge is 0.512 e. The third-order valence-electron chi connectivity index (χ3n) is 1.13. The first-order valence-corrected chi connectivity index (χ1v) is 2.85. The second-order valence-corrected chi connectivity index (χ2v) is 1.92. The normalized spacial score (nSPS) is 14.9. The van der Waals surface area contributed by atoms with Crippen LogP contribution in [-0.2, 0) is 0 Å². The Morgan fingerprint density at radius 3 is 1.80 bits per heavy atom. The van der Waals surface area contributed by atoms with Crippen molar-refractivity contribution in [2.75, 3.05) is 0 Å². The molecule has 1 nitrogen and oxygen atoms in total. The summed E-state index contributed by atoms with van der Waals surface area (Å²) in [6.07, 6.45) is -4.57. The van der Waals surface area contributed by atoms with Crippen LogP contribution in [0.2, 0.25) is 0 Å². The summed E-state index contributed by atoms with van der Waals surface area (Å²) in [5.41, 5.74) is -0.854. The SMILES string of the molecule is CC/C(=C(\C)O)C(F)(F)F. The second-order valence-electron chi connectivity index (χ2n) is 1.92. The molecule has 0 saturated heterocycles. The van der Waals surface area contributed by atoms with Crippen LogP contribution in [0, 0.1) is 0 Å². The van der Waals surface area contributed by atoms with Crippen LogP contribution in [0.15, 0.2) is 11.3 Å². The van der Waals surface area contributed by atoms with Gasteiger partial charge in [0.05, 0.1) is 11.3 Å². The average Bonchev–Trinajstić information content (AvgIpc) is 1.60. The minimum atomic E-state index is -4.38. The van der Waals surface area contributed by atoms with Crippen molar-refractivity contribution in [1.82, 2.24) is 0 Å². The van der Waals surface area contributed by atoms with E-state index in [-0.39, 0.29) is 6.42 Å². The fourth-order valence-corrected chi connectivity index (χ4v) is 0.661. The lowest BCUT2D eigenvalue weighted by Gasteiger charge is -2.09. The Morgan fingerprint density at radius 2 is 1.80 bits per heavy atom. The van der Waals surface area contributed by atoms with E-state index in [1.807, 2.05) is 0 Å². The Kier molecular flexibility index (Phi) is 2.75. The molecule has 0 spiro atoms. The van der Waals surface area contributed by atoms with Crippen LogP contribution in [0.1, 0.15) is 20.3 Å². The zero-order valence-electron chi connectivity index (χ0n) is 5.79. The predicted molar refractivity (Wildman–Crippen MR) is 31.7 cm³/mol. The van der Waals surface area contributed by atoms with Gasteiger partial charge < -0.3 is 5.11 Å². The Balaban J connectivity index is 4.55. The highest BCUT2D eigenvalue weighted by atomic mass is 19.4. The van der Waals surface area contributed by atoms with Gasteiger partial charge in [-0.05, 0) is 13.3 Å². The molecule has 0 amide bonds. The minimum Gasteiger partial charge on any atom is -0.512 e. The molecule has 0 aliphatic rings. The van der Waals surface area contributed by atoms with Crippen molar-refractivity contribution in [2.24, 2.45) is 0 Å². The number of allylic oxidation sites excluding steroid dienone is 2. The molecule has 0 radical (unpaired) electrons. The molecule has 60 valence electrons. The van der Waals surface area contributed by atoms with Crippen LogP contribution in [0.25, 0.3) is 0 Å². The highest BCUT2D eigenvalue weighted by Crippen LogP contribution is 2.29. The first-order valence-electron chi connectivity index (χ1n) is 2.85. The van der Waals surface area contributed by atoms with E-state index in [1.165, 1.54) is 6.92 Å². The van der Waals surface area contributed by atoms with E-state index in [2.05, 4.69) is 0 Å². The van der Waals surface area contributed by atoms with Gasteiger partial charge in [0.15, 0.2) is 0 Å². The van der Waals surface area contributed by atoms with Crippen molar-refractivity contribution in [3.8, 4) is 0 Å². The first-order chi connectivity index (χ1) is 4.39. The third-order valence-corrected chi connectivity index (χ3v) is 1.13. The molecule has 4 heteroatoms. The van der Waals surface area contributed by atoms with E-state index < -0.39 is 17.5 Å². The molecule has 1 N–H and O–H groups in total. The molecule has 0 bridgehead atoms. The Hall–Kier alpha value is -0.670. The van der Waals surface area contributed by atoms with Gasteiger partial charge in [-0.15, -0.1) is 0 Å². The molecule has 0 atom stereocenters. The molecule has 0 aromatic rings. The van der Waals surface area contributed by atoms with Gasteiger partial charge in [-0.2, -0.15) is 13.2 Å². The van der Waals surface area contributed by atoms with Crippen molar-refractivity contribution >= 4 is 0 Å². The quantitative estimate of drug-likeness (QED) is 0.576. The lowest BCUT2D eigenvalue weighted by molar-refractivity contribution is -0.0963. The lowest BCUT2D eigenvalue weighted by Crippen LogP contribution is -2.12. The number of hydrogen-bond donors (Lipinski definition) is 1. The summed E-state index contributed by atoms with van der Waals surface area (Å²) in [6, 6.07) is 0. The van der Waals surface area contributed by atoms with Crippen molar-refractivity contribution in [1.29, 1.82) is 0 Å². The van der Waals surface area contributed by atoms with E-state index in [9.17, 15) is 13.2 Å². The van der Waals surface area contributed by atoms with E-state index in [1.54, 1.807) is 0 Å². The average molecular weight is 154 g/mol. The predicted octanol–water partition coefficient (Wildman–Crippen LogP) is 2.79. The molecule has 0 aromatic carbocycles. The molecule has 0 unspecified atom stereocenters. The van der Waals surface area contributed by atoms with Crippen LogP contribution in [0.4, 0.5) is 13.2 Å². The highest BCUT2D eigenvalue weighted by molar-refractivity contribution is 5.10. The number of aliphatic hydroxyl groups is 1. The second kappa shape index (κ2) is 2.94. The zero-order valence-corrected chi connectivity index (χ0v) is 5.79. The molecule has 0 aliphatic carbocycles. The fraction of sp³-hybridized carbons (Fsp3) is 0.667. The maximum Gasteiger partial charge on any atom is 0.415 e. The summed E-state index contributed by atoms with van der Waals surface area (Å²) >= 11 is 0. The minimum absolute atomic E-state index is 0.189. The van der Waals surface area contributed by atoms with Gasteiger partial charge in [-0.1, -0.05) is 6.92 Å². The van der Waals surface area contributed by atoms with Gasteiger partial charge in [-0.25, -0.2) is 0 Å². The zero-order chi connectivity index (χ0) is 8.36. The maximum atomic E-state index is 11.8. The standard InChI is InChI=1S/C6H9F3O/c1-3-5(4(2)10)6(7,8)9/h10H,3H2,1-2H3/b5-4-. The van der Waals surface area contributed by atoms with Crippen molar-refractivity contribution in [2.45, 2.75) is 26.4 Å². The number of rotatable bonds is 1. The van der Waals surface area contributed by atoms with E-state index in [0.717, 1.165) is 6.92 Å². The van der Waals surface area contributed by atoms with E-state index in [0.29, 0.717) is 0 Å². The van der Waals surface area contributed by atoms with Crippen molar-refractivity contribution in [3.63, 3.8) is 0 Å². The maximum absolute atomic E-state index is 11.8. The van der Waals surface area contributed by atoms with Gasteiger partial charge in [0.1, 0.15) is 0 Å². The smallest absolute Gasteiger partial charge is 0.415 e. The van der Waals surface area contributed by atoms with E-state index in [4.69, 9.17) is 5.11 Å². The molecule has 0 heterocycles. The van der Waals surface area contributed by atoms with Gasteiger partial charge in [0, 0.05) is 0 Å². The molecule has 0 aliphatic heterocycles. The van der Waals surface area contributed by atoms with Gasteiger partial charge >= 0.3 is 6.18 Å². The van der Waals surface area contributed by atoms with Crippen LogP contribution in [0.3, 0.4) is 0 Å². The fourth-order valence-electron chi connectivity index (χ4n) is 0.661. The summed E-state index contributed by atoms with van der Waals surface area (Å²) in [7, 11) is 0. The van der Waals surface area contributed by atoms with Crippen LogP contribution < -0.4 is 0 Å². The topological polar surface area (TPSA) is 20.2 Å². The molecule has 0 fully saturated rings. The summed E-state index contributed by atoms with van der Waals surface area (Å²) in [4.78, 5) is 0. The molecule has 10 heavy (non-hydrogen) atoms. The third kappa shape index (κ3) is 2.29. The van der Waals surface area contributed by atoms with Gasteiger partial charge in [0.25, 0.3) is 0 Å². The van der Waals surface area contributed by atoms with Gasteiger partial charge in [0.2, 0.25) is 0 Å². The van der Waals surface area contributed by atoms with Crippen LogP contribution in [0.5, 0.6) is 0 Å². The summed E-state index contributed by atoms with van der Waals surface area (Å²) < 4.78 is 35.3. The summed E-state index contributed by atoms with van der Waals surface area (Å²) in [5, 5.41) is 8.51. The molecule has 0 rings (SSSR count). The molecular weight excluding hydrogens is 145 g/mol. The number of aliphatic hydroxyl groups excluding tert-OH is 1. The van der Waals surface area contributed by atoms with Gasteiger partial charge in [-0.3, -0.25) is 0 Å².